The van der Waals surface area contributed by atoms with Gasteiger partial charge < -0.3 is 5.11 Å². The molecular formula is C13H13N3O4S. The minimum Gasteiger partial charge on any atom is -0.502 e. The third-order valence-electron chi connectivity index (χ3n) is 2.90. The second-order valence-electron chi connectivity index (χ2n) is 4.26. The molecule has 21 heavy (non-hydrogen) atoms. The fourth-order valence-corrected chi connectivity index (χ4v) is 2.73. The highest BCUT2D eigenvalue weighted by Crippen LogP contribution is 2.30. The van der Waals surface area contributed by atoms with Gasteiger partial charge in [0.25, 0.3) is 5.91 Å². The summed E-state index contributed by atoms with van der Waals surface area (Å²) in [6.07, 6.45) is 0.750. The number of nitro benzene ring substituents is 1. The number of rotatable bonds is 4. The average molecular weight is 307 g/mol. The number of phenols is 1. The average Bonchev–Trinajstić information content (AvgIpc) is 2.78. The highest BCUT2D eigenvalue weighted by Gasteiger charge is 2.21. The maximum Gasteiger partial charge on any atom is 0.311 e. The number of nitrogens with one attached hydrogen (secondary N) is 1. The Morgan fingerprint density at radius 1 is 1.52 bits per heavy atom. The third kappa shape index (κ3) is 3.00. The van der Waals surface area contributed by atoms with E-state index in [1.54, 1.807) is 0 Å². The Kier molecular flexibility index (Phi) is 4.18. The number of anilines is 1. The number of benzene rings is 1. The number of thiazole rings is 1. The van der Waals surface area contributed by atoms with Crippen LogP contribution in [0.5, 0.6) is 5.75 Å². The second kappa shape index (κ2) is 5.88. The van der Waals surface area contributed by atoms with Crippen molar-refractivity contribution in [3.8, 4) is 5.75 Å². The molecule has 1 amide bonds. The van der Waals surface area contributed by atoms with Crippen molar-refractivity contribution in [1.82, 2.24) is 4.98 Å². The number of aromatic hydroxyl groups is 1. The summed E-state index contributed by atoms with van der Waals surface area (Å²) in [5.74, 6) is -1.28. The molecule has 0 saturated heterocycles. The van der Waals surface area contributed by atoms with Crippen molar-refractivity contribution >= 4 is 28.1 Å². The molecule has 0 radical (unpaired) electrons. The van der Waals surface area contributed by atoms with Crippen molar-refractivity contribution in [2.24, 2.45) is 0 Å². The Balaban J connectivity index is 2.28. The molecular weight excluding hydrogens is 294 g/mol. The smallest absolute Gasteiger partial charge is 0.311 e. The van der Waals surface area contributed by atoms with Gasteiger partial charge in [-0.05, 0) is 19.4 Å². The predicted molar refractivity (Wildman–Crippen MR) is 78.9 cm³/mol. The van der Waals surface area contributed by atoms with Crippen LogP contribution in [0.3, 0.4) is 0 Å². The van der Waals surface area contributed by atoms with Gasteiger partial charge in [-0.2, -0.15) is 0 Å². The molecule has 110 valence electrons. The molecule has 2 aromatic rings. The van der Waals surface area contributed by atoms with Gasteiger partial charge in [0.15, 0.2) is 5.13 Å². The van der Waals surface area contributed by atoms with Gasteiger partial charge in [-0.1, -0.05) is 13.0 Å². The third-order valence-corrected chi connectivity index (χ3v) is 3.83. The van der Waals surface area contributed by atoms with Gasteiger partial charge in [0.05, 0.1) is 16.2 Å². The van der Waals surface area contributed by atoms with Crippen LogP contribution in [-0.2, 0) is 6.42 Å². The lowest BCUT2D eigenvalue weighted by atomic mass is 10.1. The Bertz CT molecular complexity index is 711. The monoisotopic (exact) mass is 307 g/mol. The molecule has 0 unspecified atom stereocenters. The van der Waals surface area contributed by atoms with Crippen LogP contribution in [0.25, 0.3) is 0 Å². The summed E-state index contributed by atoms with van der Waals surface area (Å²) in [7, 11) is 0. The van der Waals surface area contributed by atoms with Crippen LogP contribution in [-0.4, -0.2) is 20.9 Å². The van der Waals surface area contributed by atoms with Crippen LogP contribution in [0.1, 0.15) is 27.9 Å². The number of hydrogen-bond acceptors (Lipinski definition) is 6. The van der Waals surface area contributed by atoms with Crippen molar-refractivity contribution in [1.29, 1.82) is 0 Å². The first-order valence-corrected chi connectivity index (χ1v) is 6.99. The zero-order valence-electron chi connectivity index (χ0n) is 11.4. The first-order valence-electron chi connectivity index (χ1n) is 6.18. The standard InChI is InChI=1S/C13H13N3O4S/c1-3-9-7(2)21-13(14-9)15-12(18)8-5-4-6-10(11(8)17)16(19)20/h4-6,17H,3H2,1-2H3,(H,14,15,18). The molecule has 2 rings (SSSR count). The van der Waals surface area contributed by atoms with Crippen molar-refractivity contribution in [2.45, 2.75) is 20.3 Å². The van der Waals surface area contributed by atoms with E-state index in [0.717, 1.165) is 23.1 Å². The number of phenolic OH excluding ortho intramolecular Hbond substituents is 1. The Hall–Kier alpha value is -2.48. The van der Waals surface area contributed by atoms with Crippen LogP contribution >= 0.6 is 11.3 Å². The summed E-state index contributed by atoms with van der Waals surface area (Å²) in [6, 6.07) is 3.80. The largest absolute Gasteiger partial charge is 0.502 e. The topological polar surface area (TPSA) is 105 Å². The summed E-state index contributed by atoms with van der Waals surface area (Å²) in [5.41, 5.74) is 0.223. The second-order valence-corrected chi connectivity index (χ2v) is 5.46. The highest BCUT2D eigenvalue weighted by atomic mass is 32.1. The van der Waals surface area contributed by atoms with E-state index >= 15 is 0 Å². The van der Waals surface area contributed by atoms with Crippen molar-refractivity contribution in [3.05, 3.63) is 44.4 Å². The number of carbonyl (C=O) groups excluding carboxylic acids is 1. The summed E-state index contributed by atoms with van der Waals surface area (Å²) in [4.78, 5) is 27.3. The summed E-state index contributed by atoms with van der Waals surface area (Å²) >= 11 is 1.32. The normalized spacial score (nSPS) is 10.4. The van der Waals surface area contributed by atoms with Crippen molar-refractivity contribution < 1.29 is 14.8 Å². The van der Waals surface area contributed by atoms with Crippen LogP contribution in [0, 0.1) is 17.0 Å². The van der Waals surface area contributed by atoms with Gasteiger partial charge in [0, 0.05) is 10.9 Å². The van der Waals surface area contributed by atoms with Crippen molar-refractivity contribution in [2.75, 3.05) is 5.32 Å². The maximum atomic E-state index is 12.1. The number of carbonyl (C=O) groups is 1. The van der Waals surface area contributed by atoms with E-state index in [4.69, 9.17) is 0 Å². The summed E-state index contributed by atoms with van der Waals surface area (Å²) in [5, 5.41) is 23.5. The zero-order valence-corrected chi connectivity index (χ0v) is 12.2. The molecule has 0 aliphatic carbocycles. The van der Waals surface area contributed by atoms with Crippen LogP contribution < -0.4 is 5.32 Å². The summed E-state index contributed by atoms with van der Waals surface area (Å²) in [6.45, 7) is 3.86. The van der Waals surface area contributed by atoms with Crippen LogP contribution in [0.15, 0.2) is 18.2 Å². The molecule has 2 N–H and O–H groups in total. The molecule has 0 atom stereocenters. The molecule has 0 fully saturated rings. The number of aryl methyl sites for hydroxylation is 2. The molecule has 7 nitrogen and oxygen atoms in total. The SMILES string of the molecule is CCc1nc(NC(=O)c2cccc([N+](=O)[O-])c2O)sc1C. The molecule has 1 heterocycles. The lowest BCUT2D eigenvalue weighted by Crippen LogP contribution is -2.12. The number of aromatic nitrogens is 1. The van der Waals surface area contributed by atoms with Crippen LogP contribution in [0.4, 0.5) is 10.8 Å². The molecule has 0 saturated carbocycles. The number of para-hydroxylation sites is 1. The van der Waals surface area contributed by atoms with Gasteiger partial charge in [0.2, 0.25) is 5.75 Å². The van der Waals surface area contributed by atoms with Gasteiger partial charge in [-0.15, -0.1) is 11.3 Å². The Morgan fingerprint density at radius 2 is 2.24 bits per heavy atom. The molecule has 0 spiro atoms. The number of hydrogen-bond donors (Lipinski definition) is 2. The first kappa shape index (κ1) is 14.9. The molecule has 0 aliphatic heterocycles. The van der Waals surface area contributed by atoms with Crippen molar-refractivity contribution in [3.63, 3.8) is 0 Å². The number of nitrogens with zero attached hydrogens (tertiary/aromatic N) is 2. The lowest BCUT2D eigenvalue weighted by Gasteiger charge is -2.04. The fraction of sp³-hybridized carbons (Fsp3) is 0.231. The van der Waals surface area contributed by atoms with E-state index in [1.165, 1.54) is 23.5 Å². The van der Waals surface area contributed by atoms with Crippen LogP contribution in [0.2, 0.25) is 0 Å². The highest BCUT2D eigenvalue weighted by molar-refractivity contribution is 7.15. The molecule has 8 heteroatoms. The number of nitro groups is 1. The maximum absolute atomic E-state index is 12.1. The molecule has 1 aromatic heterocycles. The van der Waals surface area contributed by atoms with Gasteiger partial charge >= 0.3 is 5.69 Å². The molecule has 0 aliphatic rings. The summed E-state index contributed by atoms with van der Waals surface area (Å²) < 4.78 is 0. The van der Waals surface area contributed by atoms with E-state index in [9.17, 15) is 20.0 Å². The van der Waals surface area contributed by atoms with E-state index in [-0.39, 0.29) is 5.56 Å². The van der Waals surface area contributed by atoms with E-state index in [0.29, 0.717) is 5.13 Å². The Morgan fingerprint density at radius 3 is 2.81 bits per heavy atom. The first-order chi connectivity index (χ1) is 9.93. The fourth-order valence-electron chi connectivity index (χ4n) is 1.84. The molecule has 1 aromatic carbocycles. The van der Waals surface area contributed by atoms with E-state index < -0.39 is 22.3 Å². The Labute approximate surface area is 124 Å². The quantitative estimate of drug-likeness (QED) is 0.667. The molecule has 0 bridgehead atoms. The minimum atomic E-state index is -0.741. The van der Waals surface area contributed by atoms with Gasteiger partial charge in [-0.3, -0.25) is 20.2 Å². The number of amides is 1. The zero-order chi connectivity index (χ0) is 15.6. The lowest BCUT2D eigenvalue weighted by molar-refractivity contribution is -0.385. The van der Waals surface area contributed by atoms with E-state index in [2.05, 4.69) is 10.3 Å². The minimum absolute atomic E-state index is 0.157. The van der Waals surface area contributed by atoms with Gasteiger partial charge in [0.1, 0.15) is 0 Å². The van der Waals surface area contributed by atoms with Gasteiger partial charge in [-0.25, -0.2) is 4.98 Å². The predicted octanol–water partition coefficient (Wildman–Crippen LogP) is 2.88. The van der Waals surface area contributed by atoms with E-state index in [1.807, 2.05) is 13.8 Å².